The van der Waals surface area contributed by atoms with Crippen LogP contribution in [-0.2, 0) is 0 Å². The summed E-state index contributed by atoms with van der Waals surface area (Å²) >= 11 is 0. The van der Waals surface area contributed by atoms with Crippen LogP contribution in [0, 0.1) is 0 Å². The van der Waals surface area contributed by atoms with Gasteiger partial charge in [0.25, 0.3) is 0 Å². The van der Waals surface area contributed by atoms with Gasteiger partial charge in [-0.25, -0.2) is 0 Å². The Morgan fingerprint density at radius 2 is 2.00 bits per heavy atom. The van der Waals surface area contributed by atoms with Gasteiger partial charge >= 0.3 is 0 Å². The third-order valence-corrected chi connectivity index (χ3v) is 2.92. The second kappa shape index (κ2) is 3.12. The van der Waals surface area contributed by atoms with Crippen molar-refractivity contribution in [2.75, 3.05) is 18.0 Å². The second-order valence-electron chi connectivity index (χ2n) is 3.91. The molecular weight excluding hydrogens is 188 g/mol. The first-order valence-electron chi connectivity index (χ1n) is 5.21. The molecule has 1 N–H and O–H groups in total. The van der Waals surface area contributed by atoms with E-state index in [1.165, 1.54) is 6.42 Å². The maximum atomic E-state index is 11.8. The van der Waals surface area contributed by atoms with Crippen molar-refractivity contribution in [3.8, 4) is 0 Å². The average molecular weight is 200 g/mol. The number of anilines is 1. The largest absolute Gasteiger partial charge is 0.358 e. The molecule has 0 atom stereocenters. The van der Waals surface area contributed by atoms with E-state index >= 15 is 0 Å². The quantitative estimate of drug-likeness (QED) is 0.761. The second-order valence-corrected chi connectivity index (χ2v) is 3.91. The molecule has 76 valence electrons. The van der Waals surface area contributed by atoms with Crippen molar-refractivity contribution in [1.82, 2.24) is 4.98 Å². The van der Waals surface area contributed by atoms with Gasteiger partial charge in [-0.2, -0.15) is 0 Å². The fourth-order valence-electron chi connectivity index (χ4n) is 1.91. The highest BCUT2D eigenvalue weighted by Crippen LogP contribution is 2.18. The highest BCUT2D eigenvalue weighted by atomic mass is 16.1. The van der Waals surface area contributed by atoms with Crippen LogP contribution in [0.15, 0.2) is 35.1 Å². The summed E-state index contributed by atoms with van der Waals surface area (Å²) in [6.45, 7) is 2.10. The van der Waals surface area contributed by atoms with E-state index in [2.05, 4.69) is 9.88 Å². The number of benzene rings is 1. The van der Waals surface area contributed by atoms with Gasteiger partial charge in [0.05, 0.1) is 5.52 Å². The monoisotopic (exact) mass is 200 g/mol. The average Bonchev–Trinajstić information content (AvgIpc) is 2.15. The summed E-state index contributed by atoms with van der Waals surface area (Å²) < 4.78 is 0. The Labute approximate surface area is 87.3 Å². The Kier molecular flexibility index (Phi) is 1.78. The SMILES string of the molecule is O=c1cc(N2CCC2)[nH]c2ccccc12. The molecule has 3 heteroatoms. The van der Waals surface area contributed by atoms with Crippen molar-refractivity contribution in [3.63, 3.8) is 0 Å². The minimum atomic E-state index is 0.103. The summed E-state index contributed by atoms with van der Waals surface area (Å²) in [7, 11) is 0. The Morgan fingerprint density at radius 1 is 1.20 bits per heavy atom. The maximum absolute atomic E-state index is 11.8. The van der Waals surface area contributed by atoms with E-state index in [0.29, 0.717) is 0 Å². The molecule has 0 bridgehead atoms. The molecule has 0 spiro atoms. The molecule has 0 unspecified atom stereocenters. The molecule has 1 aromatic heterocycles. The van der Waals surface area contributed by atoms with E-state index in [-0.39, 0.29) is 5.43 Å². The number of pyridine rings is 1. The fraction of sp³-hybridized carbons (Fsp3) is 0.250. The predicted molar refractivity (Wildman–Crippen MR) is 61.4 cm³/mol. The highest BCUT2D eigenvalue weighted by Gasteiger charge is 2.15. The zero-order chi connectivity index (χ0) is 10.3. The lowest BCUT2D eigenvalue weighted by atomic mass is 10.2. The van der Waals surface area contributed by atoms with Gasteiger partial charge in [-0.15, -0.1) is 0 Å². The number of aromatic amines is 1. The van der Waals surface area contributed by atoms with Gasteiger partial charge in [0, 0.05) is 24.5 Å². The lowest BCUT2D eigenvalue weighted by molar-refractivity contribution is 0.610. The molecular formula is C12H12N2O. The minimum Gasteiger partial charge on any atom is -0.358 e. The molecule has 1 aliphatic heterocycles. The third-order valence-electron chi connectivity index (χ3n) is 2.92. The molecule has 0 saturated carbocycles. The summed E-state index contributed by atoms with van der Waals surface area (Å²) in [5.74, 6) is 0.949. The maximum Gasteiger partial charge on any atom is 0.191 e. The van der Waals surface area contributed by atoms with Crippen LogP contribution in [0.3, 0.4) is 0 Å². The third kappa shape index (κ3) is 1.31. The molecule has 1 aromatic carbocycles. The Hall–Kier alpha value is -1.77. The van der Waals surface area contributed by atoms with Crippen molar-refractivity contribution in [3.05, 3.63) is 40.6 Å². The molecule has 0 aliphatic carbocycles. The molecule has 0 amide bonds. The van der Waals surface area contributed by atoms with Gasteiger partial charge in [0.15, 0.2) is 5.43 Å². The number of hydrogen-bond donors (Lipinski definition) is 1. The summed E-state index contributed by atoms with van der Waals surface area (Å²) in [5.41, 5.74) is 1.03. The summed E-state index contributed by atoms with van der Waals surface area (Å²) in [6, 6.07) is 9.33. The van der Waals surface area contributed by atoms with E-state index in [4.69, 9.17) is 0 Å². The topological polar surface area (TPSA) is 36.1 Å². The zero-order valence-corrected chi connectivity index (χ0v) is 8.36. The molecule has 1 fully saturated rings. The van der Waals surface area contributed by atoms with E-state index in [9.17, 15) is 4.79 Å². The van der Waals surface area contributed by atoms with Gasteiger partial charge in [-0.3, -0.25) is 4.79 Å². The first kappa shape index (κ1) is 8.53. The van der Waals surface area contributed by atoms with Gasteiger partial charge in [0.1, 0.15) is 5.82 Å². The predicted octanol–water partition coefficient (Wildman–Crippen LogP) is 1.74. The Balaban J connectivity index is 2.22. The summed E-state index contributed by atoms with van der Waals surface area (Å²) in [4.78, 5) is 17.3. The van der Waals surface area contributed by atoms with Gasteiger partial charge in [-0.05, 0) is 18.6 Å². The van der Waals surface area contributed by atoms with Gasteiger partial charge < -0.3 is 9.88 Å². The Bertz CT molecular complexity index is 555. The summed E-state index contributed by atoms with van der Waals surface area (Å²) in [6.07, 6.45) is 1.22. The normalized spacial score (nSPS) is 15.3. The fourth-order valence-corrected chi connectivity index (χ4v) is 1.91. The van der Waals surface area contributed by atoms with Crippen LogP contribution in [0.5, 0.6) is 0 Å². The van der Waals surface area contributed by atoms with Gasteiger partial charge in [0.2, 0.25) is 0 Å². The van der Waals surface area contributed by atoms with Crippen molar-refractivity contribution >= 4 is 16.7 Å². The van der Waals surface area contributed by atoms with Crippen LogP contribution < -0.4 is 10.3 Å². The molecule has 2 aromatic rings. The van der Waals surface area contributed by atoms with Gasteiger partial charge in [-0.1, -0.05) is 12.1 Å². The number of nitrogens with one attached hydrogen (secondary N) is 1. The van der Waals surface area contributed by atoms with Crippen molar-refractivity contribution in [1.29, 1.82) is 0 Å². The number of rotatable bonds is 1. The number of hydrogen-bond acceptors (Lipinski definition) is 2. The van der Waals surface area contributed by atoms with Crippen LogP contribution in [0.4, 0.5) is 5.82 Å². The molecule has 1 saturated heterocycles. The van der Waals surface area contributed by atoms with Crippen LogP contribution in [0.1, 0.15) is 6.42 Å². The molecule has 15 heavy (non-hydrogen) atoms. The molecule has 3 rings (SSSR count). The first-order valence-corrected chi connectivity index (χ1v) is 5.21. The van der Waals surface area contributed by atoms with Crippen LogP contribution >= 0.6 is 0 Å². The van der Waals surface area contributed by atoms with Crippen molar-refractivity contribution < 1.29 is 0 Å². The lowest BCUT2D eigenvalue weighted by Crippen LogP contribution is -2.38. The van der Waals surface area contributed by atoms with Crippen molar-refractivity contribution in [2.45, 2.75) is 6.42 Å². The number of fused-ring (bicyclic) bond motifs is 1. The van der Waals surface area contributed by atoms with Crippen LogP contribution in [0.2, 0.25) is 0 Å². The highest BCUT2D eigenvalue weighted by molar-refractivity contribution is 5.80. The summed E-state index contributed by atoms with van der Waals surface area (Å²) in [5, 5.41) is 0.766. The minimum absolute atomic E-state index is 0.103. The molecule has 2 heterocycles. The number of H-pyrrole nitrogens is 1. The number of para-hydroxylation sites is 1. The molecule has 1 aliphatic rings. The molecule has 0 radical (unpaired) electrons. The van der Waals surface area contributed by atoms with Crippen LogP contribution in [-0.4, -0.2) is 18.1 Å². The zero-order valence-electron chi connectivity index (χ0n) is 8.36. The molecule has 3 nitrogen and oxygen atoms in total. The first-order chi connectivity index (χ1) is 7.34. The van der Waals surface area contributed by atoms with Crippen LogP contribution in [0.25, 0.3) is 10.9 Å². The standard InChI is InChI=1S/C12H12N2O/c15-11-8-12(14-6-3-7-14)13-10-5-2-1-4-9(10)11/h1-2,4-5,8H,3,6-7H2,(H,13,15). The smallest absolute Gasteiger partial charge is 0.191 e. The Morgan fingerprint density at radius 3 is 2.73 bits per heavy atom. The van der Waals surface area contributed by atoms with E-state index < -0.39 is 0 Å². The number of aromatic nitrogens is 1. The van der Waals surface area contributed by atoms with Crippen molar-refractivity contribution in [2.24, 2.45) is 0 Å². The lowest BCUT2D eigenvalue weighted by Gasteiger charge is -2.32. The van der Waals surface area contributed by atoms with E-state index in [0.717, 1.165) is 29.8 Å². The van der Waals surface area contributed by atoms with E-state index in [1.807, 2.05) is 24.3 Å². The number of nitrogens with zero attached hydrogens (tertiary/aromatic N) is 1. The van der Waals surface area contributed by atoms with E-state index in [1.54, 1.807) is 6.07 Å².